The van der Waals surface area contributed by atoms with E-state index in [0.29, 0.717) is 36.7 Å². The number of halogens is 1. The number of nitrogens with zero attached hydrogens (tertiary/aromatic N) is 1. The predicted octanol–water partition coefficient (Wildman–Crippen LogP) is 2.94. The summed E-state index contributed by atoms with van der Waals surface area (Å²) in [4.78, 5) is 12.7. The lowest BCUT2D eigenvalue weighted by Gasteiger charge is -2.31. The van der Waals surface area contributed by atoms with Gasteiger partial charge in [-0.05, 0) is 37.1 Å². The molecule has 3 rings (SSSR count). The van der Waals surface area contributed by atoms with Gasteiger partial charge in [-0.3, -0.25) is 4.79 Å². The fraction of sp³-hybridized carbons (Fsp3) is 0.350. The van der Waals surface area contributed by atoms with Crippen LogP contribution in [0.15, 0.2) is 59.5 Å². The fourth-order valence-corrected chi connectivity index (χ4v) is 4.89. The van der Waals surface area contributed by atoms with E-state index in [-0.39, 0.29) is 29.9 Å². The highest BCUT2D eigenvalue weighted by Crippen LogP contribution is 2.24. The Hall–Kier alpha value is -2.09. The monoisotopic (exact) mass is 422 g/mol. The first kappa shape index (κ1) is 20.6. The highest BCUT2D eigenvalue weighted by atomic mass is 35.5. The largest absolute Gasteiger partial charge is 0.490 e. The molecular formula is C20H23ClN2O4S. The molecule has 1 atom stereocenters. The van der Waals surface area contributed by atoms with Crippen LogP contribution in [0, 0.1) is 5.92 Å². The SMILES string of the molecule is O=C(NCCOc1ccccc1Cl)C1CCCN(S(=O)(=O)c2ccccc2)C1. The van der Waals surface area contributed by atoms with Gasteiger partial charge in [0.25, 0.3) is 0 Å². The van der Waals surface area contributed by atoms with Crippen molar-refractivity contribution in [2.24, 2.45) is 5.92 Å². The van der Waals surface area contributed by atoms with Gasteiger partial charge in [-0.25, -0.2) is 8.42 Å². The lowest BCUT2D eigenvalue weighted by atomic mass is 9.99. The highest BCUT2D eigenvalue weighted by Gasteiger charge is 2.33. The van der Waals surface area contributed by atoms with Crippen LogP contribution in [0.3, 0.4) is 0 Å². The molecule has 1 unspecified atom stereocenters. The first-order valence-corrected chi connectivity index (χ1v) is 11.0. The molecule has 150 valence electrons. The molecule has 1 N–H and O–H groups in total. The second-order valence-corrected chi connectivity index (χ2v) is 8.93. The molecule has 0 spiro atoms. The summed E-state index contributed by atoms with van der Waals surface area (Å²) in [5.74, 6) is 0.0412. The van der Waals surface area contributed by atoms with E-state index in [2.05, 4.69) is 5.32 Å². The van der Waals surface area contributed by atoms with E-state index in [1.807, 2.05) is 12.1 Å². The van der Waals surface area contributed by atoms with Crippen LogP contribution in [0.5, 0.6) is 5.75 Å². The molecule has 0 aromatic heterocycles. The quantitative estimate of drug-likeness (QED) is 0.696. The molecule has 0 bridgehead atoms. The number of piperidine rings is 1. The van der Waals surface area contributed by atoms with E-state index in [0.717, 1.165) is 0 Å². The maximum Gasteiger partial charge on any atom is 0.243 e. The van der Waals surface area contributed by atoms with Crippen LogP contribution in [0.4, 0.5) is 0 Å². The third-order valence-corrected chi connectivity index (χ3v) is 6.82. The van der Waals surface area contributed by atoms with Crippen molar-refractivity contribution in [2.45, 2.75) is 17.7 Å². The predicted molar refractivity (Wildman–Crippen MR) is 108 cm³/mol. The summed E-state index contributed by atoms with van der Waals surface area (Å²) < 4.78 is 32.5. The standard InChI is InChI=1S/C20H23ClN2O4S/c21-18-10-4-5-11-19(18)27-14-12-22-20(24)16-7-6-13-23(15-16)28(25,26)17-8-2-1-3-9-17/h1-5,8-11,16H,6-7,12-15H2,(H,22,24). The van der Waals surface area contributed by atoms with Gasteiger partial charge >= 0.3 is 0 Å². The Labute approximate surface area is 170 Å². The molecule has 1 heterocycles. The molecule has 0 radical (unpaired) electrons. The molecule has 1 saturated heterocycles. The third kappa shape index (κ3) is 5.04. The van der Waals surface area contributed by atoms with Gasteiger partial charge in [0, 0.05) is 13.1 Å². The molecule has 2 aromatic rings. The first-order valence-electron chi connectivity index (χ1n) is 9.19. The van der Waals surface area contributed by atoms with E-state index in [4.69, 9.17) is 16.3 Å². The van der Waals surface area contributed by atoms with Crippen molar-refractivity contribution < 1.29 is 17.9 Å². The summed E-state index contributed by atoms with van der Waals surface area (Å²) in [5, 5.41) is 3.34. The van der Waals surface area contributed by atoms with Gasteiger partial charge in [-0.2, -0.15) is 4.31 Å². The molecule has 1 amide bonds. The van der Waals surface area contributed by atoms with Gasteiger partial charge in [0.15, 0.2) is 0 Å². The van der Waals surface area contributed by atoms with Crippen LogP contribution in [-0.4, -0.2) is 44.9 Å². The number of carbonyl (C=O) groups is 1. The topological polar surface area (TPSA) is 75.7 Å². The van der Waals surface area contributed by atoms with Crippen LogP contribution < -0.4 is 10.1 Å². The number of ether oxygens (including phenoxy) is 1. The highest BCUT2D eigenvalue weighted by molar-refractivity contribution is 7.89. The van der Waals surface area contributed by atoms with Gasteiger partial charge in [0.2, 0.25) is 15.9 Å². The van der Waals surface area contributed by atoms with Crippen molar-refractivity contribution in [3.63, 3.8) is 0 Å². The van der Waals surface area contributed by atoms with Gasteiger partial charge in [-0.15, -0.1) is 0 Å². The number of para-hydroxylation sites is 1. The number of hydrogen-bond donors (Lipinski definition) is 1. The Balaban J connectivity index is 1.51. The lowest BCUT2D eigenvalue weighted by molar-refractivity contribution is -0.126. The molecule has 6 nitrogen and oxygen atoms in total. The molecular weight excluding hydrogens is 400 g/mol. The van der Waals surface area contributed by atoms with Crippen molar-refractivity contribution >= 4 is 27.5 Å². The lowest BCUT2D eigenvalue weighted by Crippen LogP contribution is -2.45. The summed E-state index contributed by atoms with van der Waals surface area (Å²) in [6.07, 6.45) is 1.32. The zero-order valence-electron chi connectivity index (χ0n) is 15.4. The second-order valence-electron chi connectivity index (χ2n) is 6.59. The summed E-state index contributed by atoms with van der Waals surface area (Å²) in [5.41, 5.74) is 0. The molecule has 28 heavy (non-hydrogen) atoms. The Kier molecular flexibility index (Phi) is 6.93. The third-order valence-electron chi connectivity index (χ3n) is 4.63. The second kappa shape index (κ2) is 9.41. The fourth-order valence-electron chi connectivity index (χ4n) is 3.16. The molecule has 8 heteroatoms. The number of rotatable bonds is 7. The van der Waals surface area contributed by atoms with E-state index >= 15 is 0 Å². The Morgan fingerprint density at radius 2 is 1.86 bits per heavy atom. The molecule has 0 saturated carbocycles. The zero-order valence-corrected chi connectivity index (χ0v) is 17.0. The normalized spacial score (nSPS) is 17.8. The van der Waals surface area contributed by atoms with Gasteiger partial charge in [0.05, 0.1) is 22.4 Å². The van der Waals surface area contributed by atoms with Gasteiger partial charge < -0.3 is 10.1 Å². The smallest absolute Gasteiger partial charge is 0.243 e. The summed E-state index contributed by atoms with van der Waals surface area (Å²) >= 11 is 6.02. The van der Waals surface area contributed by atoms with E-state index in [1.54, 1.807) is 42.5 Å². The number of benzene rings is 2. The van der Waals surface area contributed by atoms with E-state index in [9.17, 15) is 13.2 Å². The average Bonchev–Trinajstić information content (AvgIpc) is 2.73. The number of amides is 1. The molecule has 2 aromatic carbocycles. The Morgan fingerprint density at radius 3 is 2.61 bits per heavy atom. The van der Waals surface area contributed by atoms with Crippen LogP contribution in [-0.2, 0) is 14.8 Å². The summed E-state index contributed by atoms with van der Waals surface area (Å²) in [6, 6.07) is 15.4. The molecule has 1 fully saturated rings. The first-order chi connectivity index (χ1) is 13.5. The van der Waals surface area contributed by atoms with Crippen molar-refractivity contribution in [3.8, 4) is 5.75 Å². The van der Waals surface area contributed by atoms with Crippen molar-refractivity contribution in [1.82, 2.24) is 9.62 Å². The van der Waals surface area contributed by atoms with Gasteiger partial charge in [-0.1, -0.05) is 41.9 Å². The Bertz CT molecular complexity index is 905. The minimum atomic E-state index is -3.58. The number of nitrogens with one attached hydrogen (secondary N) is 1. The number of hydrogen-bond acceptors (Lipinski definition) is 4. The average molecular weight is 423 g/mol. The number of sulfonamides is 1. The van der Waals surface area contributed by atoms with Crippen molar-refractivity contribution in [1.29, 1.82) is 0 Å². The van der Waals surface area contributed by atoms with E-state index < -0.39 is 10.0 Å². The minimum absolute atomic E-state index is 0.157. The summed E-state index contributed by atoms with van der Waals surface area (Å²) in [7, 11) is -3.58. The molecule has 1 aliphatic rings. The van der Waals surface area contributed by atoms with Crippen LogP contribution in [0.25, 0.3) is 0 Å². The van der Waals surface area contributed by atoms with E-state index in [1.165, 1.54) is 4.31 Å². The maximum absolute atomic E-state index is 12.8. The van der Waals surface area contributed by atoms with Gasteiger partial charge in [0.1, 0.15) is 12.4 Å². The van der Waals surface area contributed by atoms with Crippen LogP contribution >= 0.6 is 11.6 Å². The van der Waals surface area contributed by atoms with Crippen LogP contribution in [0.1, 0.15) is 12.8 Å². The minimum Gasteiger partial charge on any atom is -0.490 e. The molecule has 1 aliphatic heterocycles. The van der Waals surface area contributed by atoms with Crippen molar-refractivity contribution in [2.75, 3.05) is 26.2 Å². The van der Waals surface area contributed by atoms with Crippen molar-refractivity contribution in [3.05, 3.63) is 59.6 Å². The Morgan fingerprint density at radius 1 is 1.14 bits per heavy atom. The van der Waals surface area contributed by atoms with Crippen LogP contribution in [0.2, 0.25) is 5.02 Å². The molecule has 0 aliphatic carbocycles. The summed E-state index contributed by atoms with van der Waals surface area (Å²) in [6.45, 7) is 1.23. The number of carbonyl (C=O) groups excluding carboxylic acids is 1. The zero-order chi connectivity index (χ0) is 20.0. The maximum atomic E-state index is 12.8.